The maximum Gasteiger partial charge on any atom is 0.337 e. The zero-order chi connectivity index (χ0) is 18.4. The third-order valence-corrected chi connectivity index (χ3v) is 3.55. The van der Waals surface area contributed by atoms with Gasteiger partial charge in [0.15, 0.2) is 0 Å². The van der Waals surface area contributed by atoms with Crippen LogP contribution in [0.25, 0.3) is 6.08 Å². The first-order valence-electron chi connectivity index (χ1n) is 7.46. The van der Waals surface area contributed by atoms with Gasteiger partial charge in [-0.05, 0) is 29.8 Å². The maximum absolute atomic E-state index is 13.6. The second kappa shape index (κ2) is 8.19. The number of benzene rings is 2. The van der Waals surface area contributed by atoms with Gasteiger partial charge in [0.05, 0.1) is 12.7 Å². The fraction of sp³-hybridized carbons (Fsp3) is 0.158. The number of rotatable bonds is 5. The number of methoxy groups -OCH3 is 1. The zero-order valence-corrected chi connectivity index (χ0v) is 13.8. The molecule has 0 N–H and O–H groups in total. The number of halogens is 2. The molecule has 0 spiro atoms. The van der Waals surface area contributed by atoms with Gasteiger partial charge in [0, 0.05) is 31.3 Å². The molecule has 0 saturated heterocycles. The number of likely N-dealkylation sites (N-methyl/N-ethyl adjacent to an activating group) is 1. The van der Waals surface area contributed by atoms with Crippen molar-refractivity contribution in [3.8, 4) is 0 Å². The molecule has 0 radical (unpaired) electrons. The van der Waals surface area contributed by atoms with Crippen LogP contribution in [0.5, 0.6) is 0 Å². The van der Waals surface area contributed by atoms with Gasteiger partial charge in [-0.25, -0.2) is 13.6 Å². The van der Waals surface area contributed by atoms with Gasteiger partial charge in [0.2, 0.25) is 5.91 Å². The van der Waals surface area contributed by atoms with E-state index in [0.29, 0.717) is 5.56 Å². The number of carbonyl (C=O) groups excluding carboxylic acids is 2. The smallest absolute Gasteiger partial charge is 0.337 e. The highest BCUT2D eigenvalue weighted by Crippen LogP contribution is 2.12. The maximum atomic E-state index is 13.6. The molecule has 2 rings (SSSR count). The molecule has 6 heteroatoms. The Balaban J connectivity index is 2.00. The first-order valence-corrected chi connectivity index (χ1v) is 7.46. The molecule has 0 unspecified atom stereocenters. The van der Waals surface area contributed by atoms with Crippen molar-refractivity contribution in [3.05, 3.63) is 76.9 Å². The van der Waals surface area contributed by atoms with E-state index in [1.54, 1.807) is 30.3 Å². The molecular weight excluding hydrogens is 328 g/mol. The monoisotopic (exact) mass is 345 g/mol. The highest BCUT2D eigenvalue weighted by Gasteiger charge is 2.10. The molecule has 0 bridgehead atoms. The topological polar surface area (TPSA) is 46.6 Å². The Kier molecular flexibility index (Phi) is 6.00. The number of nitrogens with zero attached hydrogens (tertiary/aromatic N) is 1. The number of ether oxygens (including phenoxy) is 1. The van der Waals surface area contributed by atoms with E-state index in [1.807, 2.05) is 0 Å². The Morgan fingerprint density at radius 2 is 1.80 bits per heavy atom. The van der Waals surface area contributed by atoms with Crippen molar-refractivity contribution < 1.29 is 23.1 Å². The van der Waals surface area contributed by atoms with Crippen LogP contribution in [0, 0.1) is 11.6 Å². The molecule has 0 aromatic heterocycles. The SMILES string of the molecule is COC(=O)c1ccc(/C=C/C(=O)N(C)Cc2ccc(F)cc2F)cc1. The zero-order valence-electron chi connectivity index (χ0n) is 13.8. The Morgan fingerprint density at radius 1 is 1.12 bits per heavy atom. The molecule has 4 nitrogen and oxygen atoms in total. The highest BCUT2D eigenvalue weighted by atomic mass is 19.1. The van der Waals surface area contributed by atoms with Crippen LogP contribution in [-0.2, 0) is 16.1 Å². The van der Waals surface area contributed by atoms with Crippen molar-refractivity contribution >= 4 is 18.0 Å². The van der Waals surface area contributed by atoms with Crippen molar-refractivity contribution in [2.75, 3.05) is 14.2 Å². The summed E-state index contributed by atoms with van der Waals surface area (Å²) in [6.07, 6.45) is 2.93. The molecule has 0 saturated carbocycles. The first kappa shape index (κ1) is 18.3. The number of hydrogen-bond acceptors (Lipinski definition) is 3. The van der Waals surface area contributed by atoms with Gasteiger partial charge in [-0.2, -0.15) is 0 Å². The predicted octanol–water partition coefficient (Wildman–Crippen LogP) is 3.42. The normalized spacial score (nSPS) is 10.7. The summed E-state index contributed by atoms with van der Waals surface area (Å²) >= 11 is 0. The number of hydrogen-bond donors (Lipinski definition) is 0. The van der Waals surface area contributed by atoms with Gasteiger partial charge in [-0.15, -0.1) is 0 Å². The molecule has 0 aliphatic rings. The van der Waals surface area contributed by atoms with Gasteiger partial charge < -0.3 is 9.64 Å². The fourth-order valence-electron chi connectivity index (χ4n) is 2.13. The van der Waals surface area contributed by atoms with E-state index >= 15 is 0 Å². The van der Waals surface area contributed by atoms with E-state index in [2.05, 4.69) is 4.74 Å². The summed E-state index contributed by atoms with van der Waals surface area (Å²) in [5, 5.41) is 0. The van der Waals surface area contributed by atoms with Gasteiger partial charge in [0.1, 0.15) is 11.6 Å². The van der Waals surface area contributed by atoms with Crippen LogP contribution in [0.2, 0.25) is 0 Å². The van der Waals surface area contributed by atoms with Crippen LogP contribution in [0.4, 0.5) is 8.78 Å². The van der Waals surface area contributed by atoms with E-state index in [-0.39, 0.29) is 18.0 Å². The average Bonchev–Trinajstić information content (AvgIpc) is 2.61. The van der Waals surface area contributed by atoms with E-state index < -0.39 is 17.6 Å². The fourth-order valence-corrected chi connectivity index (χ4v) is 2.13. The largest absolute Gasteiger partial charge is 0.465 e. The lowest BCUT2D eigenvalue weighted by atomic mass is 10.1. The number of esters is 1. The molecule has 0 aliphatic heterocycles. The van der Waals surface area contributed by atoms with Crippen LogP contribution >= 0.6 is 0 Å². The molecule has 0 aliphatic carbocycles. The minimum Gasteiger partial charge on any atom is -0.465 e. The molecule has 0 heterocycles. The molecule has 2 aromatic rings. The average molecular weight is 345 g/mol. The number of carbonyl (C=O) groups is 2. The molecular formula is C19H17F2NO3. The molecule has 130 valence electrons. The standard InChI is InChI=1S/C19H17F2NO3/c1-22(12-15-8-9-16(20)11-17(15)21)18(23)10-5-13-3-6-14(7-4-13)19(24)25-2/h3-11H,12H2,1-2H3/b10-5+. The summed E-state index contributed by atoms with van der Waals surface area (Å²) in [5.41, 5.74) is 1.37. The van der Waals surface area contributed by atoms with Crippen molar-refractivity contribution in [2.45, 2.75) is 6.54 Å². The summed E-state index contributed by atoms with van der Waals surface area (Å²) in [6.45, 7) is 0.0244. The van der Waals surface area contributed by atoms with Gasteiger partial charge in [-0.3, -0.25) is 4.79 Å². The molecule has 1 amide bonds. The first-order chi connectivity index (χ1) is 11.9. The quantitative estimate of drug-likeness (QED) is 0.616. The highest BCUT2D eigenvalue weighted by molar-refractivity contribution is 5.92. The lowest BCUT2D eigenvalue weighted by Gasteiger charge is -2.15. The number of amides is 1. The summed E-state index contributed by atoms with van der Waals surface area (Å²) in [5.74, 6) is -2.12. The van der Waals surface area contributed by atoms with Crippen molar-refractivity contribution in [2.24, 2.45) is 0 Å². The molecule has 25 heavy (non-hydrogen) atoms. The Morgan fingerprint density at radius 3 is 2.40 bits per heavy atom. The third-order valence-electron chi connectivity index (χ3n) is 3.55. The van der Waals surface area contributed by atoms with Crippen LogP contribution in [0.1, 0.15) is 21.5 Å². The Bertz CT molecular complexity index is 801. The summed E-state index contributed by atoms with van der Waals surface area (Å²) in [6, 6.07) is 9.78. The van der Waals surface area contributed by atoms with E-state index in [1.165, 1.54) is 31.2 Å². The van der Waals surface area contributed by atoms with Gasteiger partial charge in [-0.1, -0.05) is 18.2 Å². The summed E-state index contributed by atoms with van der Waals surface area (Å²) in [4.78, 5) is 24.8. The summed E-state index contributed by atoms with van der Waals surface area (Å²) < 4.78 is 31.1. The van der Waals surface area contributed by atoms with Crippen LogP contribution in [-0.4, -0.2) is 30.9 Å². The van der Waals surface area contributed by atoms with E-state index in [0.717, 1.165) is 17.7 Å². The third kappa shape index (κ3) is 4.97. The van der Waals surface area contributed by atoms with Crippen molar-refractivity contribution in [1.82, 2.24) is 4.90 Å². The molecule has 2 aromatic carbocycles. The Labute approximate surface area is 144 Å². The molecule has 0 fully saturated rings. The van der Waals surface area contributed by atoms with Gasteiger partial charge in [0.25, 0.3) is 0 Å². The van der Waals surface area contributed by atoms with Crippen LogP contribution in [0.3, 0.4) is 0 Å². The van der Waals surface area contributed by atoms with Crippen molar-refractivity contribution in [3.63, 3.8) is 0 Å². The van der Waals surface area contributed by atoms with E-state index in [9.17, 15) is 18.4 Å². The summed E-state index contributed by atoms with van der Waals surface area (Å²) in [7, 11) is 2.82. The van der Waals surface area contributed by atoms with Gasteiger partial charge >= 0.3 is 5.97 Å². The van der Waals surface area contributed by atoms with E-state index in [4.69, 9.17) is 0 Å². The minimum absolute atomic E-state index is 0.0244. The Hall–Kier alpha value is -3.02. The lowest BCUT2D eigenvalue weighted by Crippen LogP contribution is -2.24. The van der Waals surface area contributed by atoms with Crippen molar-refractivity contribution in [1.29, 1.82) is 0 Å². The predicted molar refractivity (Wildman–Crippen MR) is 89.6 cm³/mol. The van der Waals surface area contributed by atoms with Crippen LogP contribution < -0.4 is 0 Å². The minimum atomic E-state index is -0.693. The molecule has 0 atom stereocenters. The second-order valence-electron chi connectivity index (χ2n) is 5.38. The lowest BCUT2D eigenvalue weighted by molar-refractivity contribution is -0.125. The second-order valence-corrected chi connectivity index (χ2v) is 5.38. The van der Waals surface area contributed by atoms with Crippen LogP contribution in [0.15, 0.2) is 48.5 Å².